The van der Waals surface area contributed by atoms with Crippen LogP contribution in [0.4, 0.5) is 4.79 Å². The smallest absolute Gasteiger partial charge is 0.411 e. The Kier molecular flexibility index (Phi) is 4.92. The summed E-state index contributed by atoms with van der Waals surface area (Å²) < 4.78 is 10.5. The lowest BCUT2D eigenvalue weighted by atomic mass is 9.98. The molecule has 7 heteroatoms. The number of hydrogen-bond acceptors (Lipinski definition) is 6. The Morgan fingerprint density at radius 3 is 2.50 bits per heavy atom. The van der Waals surface area contributed by atoms with Gasteiger partial charge in [0.05, 0.1) is 30.6 Å². The molecule has 0 bridgehead atoms. The number of carbonyl (C=O) groups is 2. The van der Waals surface area contributed by atoms with Crippen molar-refractivity contribution in [2.24, 2.45) is 16.6 Å². The van der Waals surface area contributed by atoms with Crippen LogP contribution in [0.2, 0.25) is 0 Å². The van der Waals surface area contributed by atoms with E-state index in [4.69, 9.17) is 15.2 Å². The van der Waals surface area contributed by atoms with Gasteiger partial charge in [0.15, 0.2) is 6.04 Å². The Bertz CT molecular complexity index is 601. The number of amides is 1. The topological polar surface area (TPSA) is 94.2 Å². The molecule has 1 unspecified atom stereocenters. The van der Waals surface area contributed by atoms with Crippen LogP contribution in [0, 0.1) is 5.92 Å². The minimum absolute atomic E-state index is 0.113. The van der Waals surface area contributed by atoms with E-state index in [1.165, 1.54) is 0 Å². The van der Waals surface area contributed by atoms with E-state index in [-0.39, 0.29) is 18.6 Å². The molecule has 0 aromatic heterocycles. The number of ether oxygens (including phenoxy) is 2. The Morgan fingerprint density at radius 2 is 2.00 bits per heavy atom. The molecule has 7 nitrogen and oxygen atoms in total. The highest BCUT2D eigenvalue weighted by Crippen LogP contribution is 2.34. The molecule has 1 fully saturated rings. The van der Waals surface area contributed by atoms with Crippen LogP contribution in [-0.2, 0) is 14.3 Å². The van der Waals surface area contributed by atoms with Gasteiger partial charge in [-0.1, -0.05) is 13.8 Å². The van der Waals surface area contributed by atoms with Crippen molar-refractivity contribution in [1.82, 2.24) is 4.90 Å². The van der Waals surface area contributed by atoms with E-state index in [0.29, 0.717) is 18.0 Å². The van der Waals surface area contributed by atoms with Crippen molar-refractivity contribution < 1.29 is 19.1 Å². The molecule has 0 aliphatic carbocycles. The van der Waals surface area contributed by atoms with Crippen molar-refractivity contribution in [2.45, 2.75) is 59.2 Å². The zero-order valence-electron chi connectivity index (χ0n) is 15.3. The van der Waals surface area contributed by atoms with Gasteiger partial charge in [0.25, 0.3) is 0 Å². The fraction of sp³-hybridized carbons (Fsp3) is 0.706. The van der Waals surface area contributed by atoms with Crippen molar-refractivity contribution in [3.8, 4) is 0 Å². The number of likely N-dealkylation sites (tertiary alicyclic amines) is 1. The van der Waals surface area contributed by atoms with Crippen molar-refractivity contribution in [3.63, 3.8) is 0 Å². The lowest BCUT2D eigenvalue weighted by Gasteiger charge is -2.30. The Labute approximate surface area is 142 Å². The van der Waals surface area contributed by atoms with E-state index < -0.39 is 23.7 Å². The van der Waals surface area contributed by atoms with Crippen LogP contribution in [0.15, 0.2) is 16.3 Å². The quantitative estimate of drug-likeness (QED) is 0.793. The summed E-state index contributed by atoms with van der Waals surface area (Å²) in [5.74, 6) is -0.335. The molecule has 0 radical (unpaired) electrons. The second-order valence-corrected chi connectivity index (χ2v) is 7.40. The maximum Gasteiger partial charge on any atom is 0.411 e. The molecule has 0 saturated carbocycles. The van der Waals surface area contributed by atoms with Crippen molar-refractivity contribution in [1.29, 1.82) is 0 Å². The molecule has 0 aromatic carbocycles. The highest BCUT2D eigenvalue weighted by atomic mass is 16.6. The van der Waals surface area contributed by atoms with Crippen LogP contribution in [0.3, 0.4) is 0 Å². The molecule has 1 saturated heterocycles. The number of rotatable bonds is 3. The molecule has 2 aliphatic rings. The van der Waals surface area contributed by atoms with E-state index in [1.54, 1.807) is 11.8 Å². The first-order chi connectivity index (χ1) is 11.1. The Balaban J connectivity index is 2.30. The number of carbonyl (C=O) groups excluding carboxylic acids is 2. The van der Waals surface area contributed by atoms with Crippen molar-refractivity contribution in [3.05, 3.63) is 11.3 Å². The summed E-state index contributed by atoms with van der Waals surface area (Å²) in [6, 6.07) is -1.05. The molecule has 2 aliphatic heterocycles. The number of esters is 1. The van der Waals surface area contributed by atoms with Gasteiger partial charge in [-0.15, -0.1) is 0 Å². The van der Waals surface area contributed by atoms with E-state index in [2.05, 4.69) is 4.99 Å². The van der Waals surface area contributed by atoms with Gasteiger partial charge in [-0.25, -0.2) is 9.59 Å². The second kappa shape index (κ2) is 6.45. The van der Waals surface area contributed by atoms with Gasteiger partial charge in [-0.05, 0) is 33.6 Å². The molecule has 2 N–H and O–H groups in total. The maximum absolute atomic E-state index is 12.5. The van der Waals surface area contributed by atoms with Gasteiger partial charge in [-0.2, -0.15) is 0 Å². The van der Waals surface area contributed by atoms with Gasteiger partial charge in [0.1, 0.15) is 5.60 Å². The molecule has 24 heavy (non-hydrogen) atoms. The molecular formula is C17H27N3O4. The molecule has 0 aromatic rings. The number of aliphatic imine (C=N–C) groups is 1. The average molecular weight is 337 g/mol. The first-order valence-electron chi connectivity index (χ1n) is 8.29. The van der Waals surface area contributed by atoms with Gasteiger partial charge in [-0.3, -0.25) is 9.89 Å². The molecule has 2 rings (SSSR count). The molecule has 0 spiro atoms. The van der Waals surface area contributed by atoms with Crippen molar-refractivity contribution in [2.75, 3.05) is 13.2 Å². The first kappa shape index (κ1) is 18.3. The molecule has 1 amide bonds. The summed E-state index contributed by atoms with van der Waals surface area (Å²) in [7, 11) is 0. The zero-order valence-corrected chi connectivity index (χ0v) is 15.3. The molecule has 2 heterocycles. The highest BCUT2D eigenvalue weighted by Gasteiger charge is 2.47. The molecule has 2 atom stereocenters. The summed E-state index contributed by atoms with van der Waals surface area (Å²) in [6.07, 6.45) is -0.397. The fourth-order valence-electron chi connectivity index (χ4n) is 3.02. The van der Waals surface area contributed by atoms with E-state index in [0.717, 1.165) is 5.57 Å². The van der Waals surface area contributed by atoms with E-state index in [9.17, 15) is 9.59 Å². The summed E-state index contributed by atoms with van der Waals surface area (Å²) >= 11 is 0. The summed E-state index contributed by atoms with van der Waals surface area (Å²) in [6.45, 7) is 11.8. The zero-order chi connectivity index (χ0) is 18.2. The predicted octanol–water partition coefficient (Wildman–Crippen LogP) is 1.86. The second-order valence-electron chi connectivity index (χ2n) is 7.40. The van der Waals surface area contributed by atoms with Gasteiger partial charge < -0.3 is 15.2 Å². The van der Waals surface area contributed by atoms with Gasteiger partial charge >= 0.3 is 12.1 Å². The largest absolute Gasteiger partial charge is 0.464 e. The minimum atomic E-state index is -0.794. The van der Waals surface area contributed by atoms with Crippen LogP contribution >= 0.6 is 0 Å². The van der Waals surface area contributed by atoms with Crippen LogP contribution in [-0.4, -0.2) is 53.5 Å². The van der Waals surface area contributed by atoms with E-state index >= 15 is 0 Å². The average Bonchev–Trinajstić information content (AvgIpc) is 2.94. The Morgan fingerprint density at radius 1 is 1.38 bits per heavy atom. The van der Waals surface area contributed by atoms with Crippen molar-refractivity contribution >= 4 is 17.8 Å². The maximum atomic E-state index is 12.5. The fourth-order valence-corrected chi connectivity index (χ4v) is 3.02. The standard InChI is InChI=1S/C17H27N3O4/c1-7-23-15(21)13-11(18)10-8-20(16(22)24-17(4,5)6)14(9(2)3)12(10)19-13/h9,13-14H,7-8,18H2,1-6H3/t13?,14-/m0/s1. The minimum Gasteiger partial charge on any atom is -0.464 e. The third-order valence-electron chi connectivity index (χ3n) is 3.93. The first-order valence-corrected chi connectivity index (χ1v) is 8.29. The monoisotopic (exact) mass is 337 g/mol. The van der Waals surface area contributed by atoms with Crippen LogP contribution < -0.4 is 5.73 Å². The van der Waals surface area contributed by atoms with Gasteiger partial charge in [0.2, 0.25) is 0 Å². The van der Waals surface area contributed by atoms with Crippen LogP contribution in [0.1, 0.15) is 41.5 Å². The highest BCUT2D eigenvalue weighted by molar-refractivity contribution is 6.13. The van der Waals surface area contributed by atoms with E-state index in [1.807, 2.05) is 34.6 Å². The predicted molar refractivity (Wildman–Crippen MR) is 90.6 cm³/mol. The summed E-state index contributed by atoms with van der Waals surface area (Å²) in [5.41, 5.74) is 7.38. The molecular weight excluding hydrogens is 310 g/mol. The summed E-state index contributed by atoms with van der Waals surface area (Å²) in [4.78, 5) is 30.7. The summed E-state index contributed by atoms with van der Waals surface area (Å²) in [5, 5.41) is 0. The lowest BCUT2D eigenvalue weighted by Crippen LogP contribution is -2.44. The van der Waals surface area contributed by atoms with Crippen LogP contribution in [0.25, 0.3) is 0 Å². The number of nitrogens with zero attached hydrogens (tertiary/aromatic N) is 2. The lowest BCUT2D eigenvalue weighted by molar-refractivity contribution is -0.143. The number of nitrogens with two attached hydrogens (primary N) is 1. The molecule has 134 valence electrons. The van der Waals surface area contributed by atoms with Crippen LogP contribution in [0.5, 0.6) is 0 Å². The normalized spacial score (nSPS) is 23.5. The number of hydrogen-bond donors (Lipinski definition) is 1. The third-order valence-corrected chi connectivity index (χ3v) is 3.93. The number of fused-ring (bicyclic) bond motifs is 1. The van der Waals surface area contributed by atoms with Gasteiger partial charge in [0, 0.05) is 5.57 Å². The SMILES string of the molecule is CCOC(=O)C1N=C2C(=C1N)CN(C(=O)OC(C)(C)C)[C@H]2C(C)C. The third kappa shape index (κ3) is 3.39. The Hall–Kier alpha value is -2.05.